The van der Waals surface area contributed by atoms with Crippen molar-refractivity contribution in [1.29, 1.82) is 0 Å². The number of benzene rings is 3. The van der Waals surface area contributed by atoms with E-state index in [1.165, 1.54) is 32.3 Å². The van der Waals surface area contributed by atoms with E-state index >= 15 is 0 Å². The molecular weight excluding hydrogens is 633 g/mol. The second-order valence-electron chi connectivity index (χ2n) is 8.83. The summed E-state index contributed by atoms with van der Waals surface area (Å²) >= 11 is 0. The van der Waals surface area contributed by atoms with Gasteiger partial charge in [-0.05, 0) is 81.4 Å². The third-order valence-electron chi connectivity index (χ3n) is 6.59. The average Bonchev–Trinajstić information content (AvgIpc) is 3.58. The molecule has 1 aliphatic heterocycles. The van der Waals surface area contributed by atoms with Crippen molar-refractivity contribution in [2.75, 3.05) is 7.05 Å². The van der Waals surface area contributed by atoms with E-state index in [4.69, 9.17) is 0 Å². The summed E-state index contributed by atoms with van der Waals surface area (Å²) in [5, 5.41) is 8.71. The number of hydrogen-bond donors (Lipinski definition) is 0. The third kappa shape index (κ3) is 4.42. The van der Waals surface area contributed by atoms with Gasteiger partial charge in [-0.1, -0.05) is 48.1 Å². The van der Waals surface area contributed by atoms with Crippen molar-refractivity contribution in [2.24, 2.45) is 0 Å². The predicted octanol–water partition coefficient (Wildman–Crippen LogP) is 7.46. The smallest absolute Gasteiger partial charge is 0.510 e. The molecule has 182 valence electrons. The fourth-order valence-electron chi connectivity index (χ4n) is 4.86. The molecule has 0 radical (unpaired) electrons. The zero-order chi connectivity index (χ0) is 24.6. The standard InChI is InChI=1S/C23H13N2.C9H12N2.Ir/c1-2-6-16-12-18-14-21-20(13-17(18)11-15(16)5-1)19-7-3-9-24-23(19)25-10-4-8-22(21)25;1-4-9(5-2)11-7-6-10(3)8-11;/h1-9,11-14H;4,6-8H,1H2,2-3H3;/q-1;-2;+3. The fourth-order valence-corrected chi connectivity index (χ4v) is 4.86. The molecule has 5 heteroatoms. The van der Waals surface area contributed by atoms with Gasteiger partial charge < -0.3 is 14.2 Å². The predicted molar refractivity (Wildman–Crippen MR) is 150 cm³/mol. The molecule has 0 fully saturated rings. The van der Waals surface area contributed by atoms with Gasteiger partial charge in [-0.3, -0.25) is 11.1 Å². The molecule has 0 unspecified atom stereocenters. The van der Waals surface area contributed by atoms with E-state index < -0.39 is 0 Å². The normalized spacial score (nSPS) is 13.4. The summed E-state index contributed by atoms with van der Waals surface area (Å²) in [6.45, 7) is 7.53. The van der Waals surface area contributed by atoms with Crippen LogP contribution in [0.25, 0.3) is 48.9 Å². The van der Waals surface area contributed by atoms with Crippen LogP contribution in [0.15, 0.2) is 110 Å². The van der Waals surface area contributed by atoms with Gasteiger partial charge in [0, 0.05) is 6.20 Å². The molecule has 4 nitrogen and oxygen atoms in total. The SMILES string of the molecule is C=CC(=[C-]C)N1C=CN(C)[CH-]1.[Ir+3].[c-]1ccc2c3cc4cc5ccccc5cc4cc3c3cccnc3n12. The van der Waals surface area contributed by atoms with Crippen LogP contribution in [-0.4, -0.2) is 26.2 Å². The Morgan fingerprint density at radius 3 is 2.30 bits per heavy atom. The number of rotatable bonds is 2. The third-order valence-corrected chi connectivity index (χ3v) is 6.59. The number of hydrogen-bond acceptors (Lipinski definition) is 3. The Kier molecular flexibility index (Phi) is 6.83. The Morgan fingerprint density at radius 1 is 0.919 bits per heavy atom. The van der Waals surface area contributed by atoms with E-state index in [1.54, 1.807) is 6.08 Å². The molecule has 0 atom stereocenters. The average molecular weight is 658 g/mol. The summed E-state index contributed by atoms with van der Waals surface area (Å²) in [7, 11) is 1.98. The summed E-state index contributed by atoms with van der Waals surface area (Å²) in [5.41, 5.74) is 3.08. The minimum absolute atomic E-state index is 0. The van der Waals surface area contributed by atoms with Gasteiger partial charge in [0.25, 0.3) is 0 Å². The Bertz CT molecular complexity index is 1830. The quantitative estimate of drug-likeness (QED) is 0.0837. The molecular formula is C32H25IrN4. The number of allylic oxidation sites excluding steroid dienone is 2. The molecule has 1 aliphatic rings. The molecule has 0 saturated carbocycles. The Balaban J connectivity index is 0.000000200. The Hall–Kier alpha value is -3.92. The van der Waals surface area contributed by atoms with Crippen LogP contribution in [0.2, 0.25) is 0 Å². The Morgan fingerprint density at radius 2 is 1.65 bits per heavy atom. The van der Waals surface area contributed by atoms with Crippen molar-refractivity contribution in [3.63, 3.8) is 0 Å². The summed E-state index contributed by atoms with van der Waals surface area (Å²) < 4.78 is 2.06. The first-order chi connectivity index (χ1) is 17.7. The van der Waals surface area contributed by atoms with Gasteiger partial charge in [-0.15, -0.1) is 13.0 Å². The molecule has 6 aromatic rings. The van der Waals surface area contributed by atoms with Crippen molar-refractivity contribution < 1.29 is 20.1 Å². The Labute approximate surface area is 230 Å². The first kappa shape index (κ1) is 24.8. The van der Waals surface area contributed by atoms with Crippen molar-refractivity contribution in [1.82, 2.24) is 19.2 Å². The van der Waals surface area contributed by atoms with Gasteiger partial charge in [-0.25, -0.2) is 0 Å². The van der Waals surface area contributed by atoms with Crippen molar-refractivity contribution in [3.8, 4) is 0 Å². The molecule has 4 heterocycles. The van der Waals surface area contributed by atoms with Crippen LogP contribution < -0.4 is 0 Å². The largest absolute Gasteiger partial charge is 3.00 e. The number of fused-ring (bicyclic) bond motifs is 8. The summed E-state index contributed by atoms with van der Waals surface area (Å²) in [6, 6.07) is 25.9. The number of nitrogens with zero attached hydrogens (tertiary/aromatic N) is 4. The molecule has 0 saturated heterocycles. The molecule has 0 bridgehead atoms. The zero-order valence-electron chi connectivity index (χ0n) is 20.6. The van der Waals surface area contributed by atoms with Crippen LogP contribution in [0.5, 0.6) is 0 Å². The summed E-state index contributed by atoms with van der Waals surface area (Å²) in [4.78, 5) is 8.53. The van der Waals surface area contributed by atoms with E-state index in [1.807, 2.05) is 61.2 Å². The second-order valence-corrected chi connectivity index (χ2v) is 8.83. The molecule has 3 aromatic heterocycles. The molecule has 7 rings (SSSR count). The molecule has 37 heavy (non-hydrogen) atoms. The zero-order valence-corrected chi connectivity index (χ0v) is 23.0. The van der Waals surface area contributed by atoms with Crippen LogP contribution >= 0.6 is 0 Å². The number of aromatic nitrogens is 2. The van der Waals surface area contributed by atoms with E-state index in [9.17, 15) is 0 Å². The van der Waals surface area contributed by atoms with E-state index in [2.05, 4.69) is 88.9 Å². The molecule has 0 spiro atoms. The van der Waals surface area contributed by atoms with Gasteiger partial charge in [-0.2, -0.15) is 31.1 Å². The topological polar surface area (TPSA) is 23.8 Å². The van der Waals surface area contributed by atoms with Crippen LogP contribution in [0.3, 0.4) is 0 Å². The molecule has 0 aliphatic carbocycles. The molecule has 3 aromatic carbocycles. The maximum Gasteiger partial charge on any atom is 3.00 e. The van der Waals surface area contributed by atoms with E-state index in [0.29, 0.717) is 0 Å². The minimum atomic E-state index is 0. The molecule has 0 amide bonds. The second kappa shape index (κ2) is 10.2. The first-order valence-electron chi connectivity index (χ1n) is 11.9. The summed E-state index contributed by atoms with van der Waals surface area (Å²) in [5.74, 6) is 0. The van der Waals surface area contributed by atoms with Gasteiger partial charge in [0.05, 0.1) is 5.65 Å². The van der Waals surface area contributed by atoms with Crippen molar-refractivity contribution in [2.45, 2.75) is 6.92 Å². The van der Waals surface area contributed by atoms with Gasteiger partial charge >= 0.3 is 20.1 Å². The first-order valence-corrected chi connectivity index (χ1v) is 11.9. The van der Waals surface area contributed by atoms with E-state index in [0.717, 1.165) is 22.2 Å². The summed E-state index contributed by atoms with van der Waals surface area (Å²) in [6.07, 6.45) is 13.9. The van der Waals surface area contributed by atoms with Crippen molar-refractivity contribution in [3.05, 3.63) is 129 Å². The molecule has 0 N–H and O–H groups in total. The minimum Gasteiger partial charge on any atom is -0.510 e. The van der Waals surface area contributed by atoms with Gasteiger partial charge in [0.1, 0.15) is 0 Å². The van der Waals surface area contributed by atoms with Crippen LogP contribution in [-0.2, 0) is 20.1 Å². The van der Waals surface area contributed by atoms with Gasteiger partial charge in [0.15, 0.2) is 0 Å². The number of pyridine rings is 2. The monoisotopic (exact) mass is 658 g/mol. The van der Waals surface area contributed by atoms with E-state index in [-0.39, 0.29) is 20.1 Å². The fraction of sp³-hybridized carbons (Fsp3) is 0.0625. The van der Waals surface area contributed by atoms with Crippen LogP contribution in [0.1, 0.15) is 6.92 Å². The van der Waals surface area contributed by atoms with Gasteiger partial charge in [0.2, 0.25) is 0 Å². The maximum atomic E-state index is 4.59. The maximum absolute atomic E-state index is 4.59. The van der Waals surface area contributed by atoms with Crippen LogP contribution in [0, 0.1) is 18.9 Å². The van der Waals surface area contributed by atoms with Crippen molar-refractivity contribution >= 4 is 48.9 Å². The van der Waals surface area contributed by atoms with Crippen LogP contribution in [0.4, 0.5) is 0 Å².